The molecule has 0 unspecified atom stereocenters. The van der Waals surface area contributed by atoms with Crippen LogP contribution in [-0.4, -0.2) is 0 Å². The Labute approximate surface area is 127 Å². The van der Waals surface area contributed by atoms with Crippen LogP contribution in [0.25, 0.3) is 0 Å². The van der Waals surface area contributed by atoms with E-state index in [-0.39, 0.29) is 0 Å². The van der Waals surface area contributed by atoms with Crippen LogP contribution in [-0.2, 0) is 0 Å². The molecule has 0 aliphatic heterocycles. The van der Waals surface area contributed by atoms with Crippen LogP contribution < -0.4 is 0 Å². The normalized spacial score (nSPS) is 10.8. The minimum absolute atomic E-state index is 0.298. The summed E-state index contributed by atoms with van der Waals surface area (Å²) in [7, 11) is 0. The van der Waals surface area contributed by atoms with E-state index in [1.165, 1.54) is 27.8 Å². The maximum absolute atomic E-state index is 2.26. The van der Waals surface area contributed by atoms with Gasteiger partial charge in [0, 0.05) is 5.92 Å². The second-order valence-electron chi connectivity index (χ2n) is 5.54. The van der Waals surface area contributed by atoms with Crippen molar-refractivity contribution < 1.29 is 0 Å². The minimum atomic E-state index is 0.298. The Balaban J connectivity index is 2.20. The highest BCUT2D eigenvalue weighted by molar-refractivity contribution is 5.47. The molecule has 0 aromatic heterocycles. The van der Waals surface area contributed by atoms with Gasteiger partial charge in [0.2, 0.25) is 0 Å². The van der Waals surface area contributed by atoms with Gasteiger partial charge in [-0.3, -0.25) is 0 Å². The van der Waals surface area contributed by atoms with E-state index in [1.54, 1.807) is 0 Å². The van der Waals surface area contributed by atoms with Gasteiger partial charge in [-0.25, -0.2) is 0 Å². The molecule has 3 aromatic carbocycles. The first kappa shape index (κ1) is 13.6. The third-order valence-electron chi connectivity index (χ3n) is 4.22. The van der Waals surface area contributed by atoms with E-state index in [2.05, 4.69) is 92.7 Å². The minimum Gasteiger partial charge on any atom is -0.0622 e. The van der Waals surface area contributed by atoms with E-state index >= 15 is 0 Å². The second-order valence-corrected chi connectivity index (χ2v) is 5.54. The Morgan fingerprint density at radius 3 is 1.62 bits per heavy atom. The molecule has 0 heterocycles. The van der Waals surface area contributed by atoms with Crippen LogP contribution in [0.15, 0.2) is 78.9 Å². The monoisotopic (exact) mass is 272 g/mol. The summed E-state index contributed by atoms with van der Waals surface area (Å²) in [5, 5.41) is 0. The van der Waals surface area contributed by atoms with Gasteiger partial charge >= 0.3 is 0 Å². The molecule has 0 fully saturated rings. The van der Waals surface area contributed by atoms with Crippen molar-refractivity contribution in [1.82, 2.24) is 0 Å². The van der Waals surface area contributed by atoms with Gasteiger partial charge in [-0.15, -0.1) is 0 Å². The van der Waals surface area contributed by atoms with Crippen molar-refractivity contribution in [2.24, 2.45) is 0 Å². The Kier molecular flexibility index (Phi) is 3.87. The van der Waals surface area contributed by atoms with Crippen molar-refractivity contribution in [1.29, 1.82) is 0 Å². The van der Waals surface area contributed by atoms with Crippen molar-refractivity contribution in [2.45, 2.75) is 19.8 Å². The van der Waals surface area contributed by atoms with Crippen LogP contribution in [0, 0.1) is 13.8 Å². The van der Waals surface area contributed by atoms with E-state index in [1.807, 2.05) is 0 Å². The van der Waals surface area contributed by atoms with Gasteiger partial charge in [-0.2, -0.15) is 0 Å². The maximum atomic E-state index is 2.26. The number of rotatable bonds is 3. The molecule has 0 saturated heterocycles. The Morgan fingerprint density at radius 2 is 1.10 bits per heavy atom. The molecule has 3 aromatic rings. The quantitative estimate of drug-likeness (QED) is 0.553. The first-order valence-electron chi connectivity index (χ1n) is 7.43. The average Bonchev–Trinajstić information content (AvgIpc) is 2.54. The summed E-state index contributed by atoms with van der Waals surface area (Å²) in [5.41, 5.74) is 6.82. The summed E-state index contributed by atoms with van der Waals surface area (Å²) in [5.74, 6) is 0.298. The smallest absolute Gasteiger partial charge is 0.0342 e. The summed E-state index contributed by atoms with van der Waals surface area (Å²) in [6, 6.07) is 28.1. The maximum Gasteiger partial charge on any atom is 0.0342 e. The second kappa shape index (κ2) is 5.97. The molecule has 0 amide bonds. The van der Waals surface area contributed by atoms with Crippen LogP contribution in [0.2, 0.25) is 0 Å². The van der Waals surface area contributed by atoms with Crippen molar-refractivity contribution >= 4 is 0 Å². The fourth-order valence-corrected chi connectivity index (χ4v) is 2.93. The lowest BCUT2D eigenvalue weighted by Gasteiger charge is -2.21. The molecule has 0 radical (unpaired) electrons. The van der Waals surface area contributed by atoms with Crippen LogP contribution in [0.3, 0.4) is 0 Å². The van der Waals surface area contributed by atoms with Crippen molar-refractivity contribution in [3.05, 3.63) is 107 Å². The Morgan fingerprint density at radius 1 is 0.571 bits per heavy atom. The highest BCUT2D eigenvalue weighted by Crippen LogP contribution is 2.34. The zero-order chi connectivity index (χ0) is 14.7. The lowest BCUT2D eigenvalue weighted by atomic mass is 9.82. The zero-order valence-corrected chi connectivity index (χ0v) is 12.6. The van der Waals surface area contributed by atoms with E-state index in [9.17, 15) is 0 Å². The molecule has 0 bridgehead atoms. The van der Waals surface area contributed by atoms with Crippen LogP contribution in [0.1, 0.15) is 33.7 Å². The fourth-order valence-electron chi connectivity index (χ4n) is 2.93. The summed E-state index contributed by atoms with van der Waals surface area (Å²) in [4.78, 5) is 0. The SMILES string of the molecule is Cc1cccc(C(c2ccccc2)c2ccccc2)c1C. The molecule has 3 rings (SSSR count). The molecule has 104 valence electrons. The third-order valence-corrected chi connectivity index (χ3v) is 4.22. The van der Waals surface area contributed by atoms with Crippen molar-refractivity contribution in [3.8, 4) is 0 Å². The molecule has 0 aliphatic rings. The Bertz CT molecular complexity index is 672. The lowest BCUT2D eigenvalue weighted by molar-refractivity contribution is 0.957. The van der Waals surface area contributed by atoms with Gasteiger partial charge in [-0.1, -0.05) is 78.9 Å². The standard InChI is InChI=1S/C21H20/c1-16-10-9-15-20(17(16)2)21(18-11-5-3-6-12-18)19-13-7-4-8-14-19/h3-15,21H,1-2H3. The fraction of sp³-hybridized carbons (Fsp3) is 0.143. The predicted octanol–water partition coefficient (Wildman–Crippen LogP) is 5.48. The Hall–Kier alpha value is -2.34. The van der Waals surface area contributed by atoms with Crippen LogP contribution in [0.5, 0.6) is 0 Å². The molecular formula is C21H20. The number of hydrogen-bond acceptors (Lipinski definition) is 0. The number of hydrogen-bond donors (Lipinski definition) is 0. The summed E-state index contributed by atoms with van der Waals surface area (Å²) < 4.78 is 0. The van der Waals surface area contributed by atoms with Gasteiger partial charge in [0.1, 0.15) is 0 Å². The lowest BCUT2D eigenvalue weighted by Crippen LogP contribution is -2.06. The first-order chi connectivity index (χ1) is 10.3. The van der Waals surface area contributed by atoms with Gasteiger partial charge < -0.3 is 0 Å². The van der Waals surface area contributed by atoms with Gasteiger partial charge in [0.25, 0.3) is 0 Å². The van der Waals surface area contributed by atoms with Crippen LogP contribution in [0.4, 0.5) is 0 Å². The predicted molar refractivity (Wildman–Crippen MR) is 89.7 cm³/mol. The zero-order valence-electron chi connectivity index (χ0n) is 12.6. The molecular weight excluding hydrogens is 252 g/mol. The van der Waals surface area contributed by atoms with E-state index in [0.717, 1.165) is 0 Å². The molecule has 0 saturated carbocycles. The molecule has 0 N–H and O–H groups in total. The number of benzene rings is 3. The molecule has 0 heteroatoms. The molecule has 0 spiro atoms. The van der Waals surface area contributed by atoms with Crippen molar-refractivity contribution in [2.75, 3.05) is 0 Å². The van der Waals surface area contributed by atoms with Crippen LogP contribution >= 0.6 is 0 Å². The highest BCUT2D eigenvalue weighted by Gasteiger charge is 2.18. The molecule has 0 aliphatic carbocycles. The molecule has 0 nitrogen and oxygen atoms in total. The number of aryl methyl sites for hydroxylation is 1. The van der Waals surface area contributed by atoms with Gasteiger partial charge in [0.15, 0.2) is 0 Å². The third kappa shape index (κ3) is 2.75. The van der Waals surface area contributed by atoms with Crippen molar-refractivity contribution in [3.63, 3.8) is 0 Å². The topological polar surface area (TPSA) is 0 Å². The summed E-state index contributed by atoms with van der Waals surface area (Å²) in [6.07, 6.45) is 0. The van der Waals surface area contributed by atoms with E-state index < -0.39 is 0 Å². The summed E-state index contributed by atoms with van der Waals surface area (Å²) in [6.45, 7) is 4.41. The first-order valence-corrected chi connectivity index (χ1v) is 7.43. The molecule has 0 atom stereocenters. The van der Waals surface area contributed by atoms with E-state index in [0.29, 0.717) is 5.92 Å². The average molecular weight is 272 g/mol. The summed E-state index contributed by atoms with van der Waals surface area (Å²) >= 11 is 0. The van der Waals surface area contributed by atoms with E-state index in [4.69, 9.17) is 0 Å². The van der Waals surface area contributed by atoms with Gasteiger partial charge in [-0.05, 0) is 41.7 Å². The van der Waals surface area contributed by atoms with Gasteiger partial charge in [0.05, 0.1) is 0 Å². The molecule has 21 heavy (non-hydrogen) atoms. The highest BCUT2D eigenvalue weighted by atomic mass is 14.2. The largest absolute Gasteiger partial charge is 0.0622 e.